The summed E-state index contributed by atoms with van der Waals surface area (Å²) in [6, 6.07) is 8.20. The van der Waals surface area contributed by atoms with E-state index in [2.05, 4.69) is 39.8 Å². The molecule has 2 heteroatoms. The number of hydrogen-bond donors (Lipinski definition) is 0. The van der Waals surface area contributed by atoms with Crippen LogP contribution in [0.15, 0.2) is 24.3 Å². The number of ether oxygens (including phenoxy) is 1. The number of rotatable bonds is 17. The fraction of sp³-hybridized carbons (Fsp3) is 0.741. The van der Waals surface area contributed by atoms with Crippen LogP contribution in [0.4, 0.5) is 0 Å². The van der Waals surface area contributed by atoms with Crippen molar-refractivity contribution in [2.45, 2.75) is 124 Å². The van der Waals surface area contributed by atoms with Crippen molar-refractivity contribution in [1.29, 1.82) is 0 Å². The lowest BCUT2D eigenvalue weighted by atomic mass is 9.80. The van der Waals surface area contributed by atoms with Gasteiger partial charge in [-0.15, -0.1) is 0 Å². The zero-order valence-electron chi connectivity index (χ0n) is 19.7. The maximum atomic E-state index is 13.0. The topological polar surface area (TPSA) is 26.3 Å². The van der Waals surface area contributed by atoms with E-state index in [1.165, 1.54) is 63.4 Å². The van der Waals surface area contributed by atoms with Gasteiger partial charge in [-0.3, -0.25) is 4.79 Å². The van der Waals surface area contributed by atoms with Crippen LogP contribution >= 0.6 is 0 Å². The molecular formula is C27H46O2. The van der Waals surface area contributed by atoms with Crippen LogP contribution in [0.5, 0.6) is 5.75 Å². The van der Waals surface area contributed by atoms with Gasteiger partial charge >= 0.3 is 5.97 Å². The summed E-state index contributed by atoms with van der Waals surface area (Å²) >= 11 is 0. The Balaban J connectivity index is 2.51. The maximum absolute atomic E-state index is 13.0. The largest absolute Gasteiger partial charge is 0.426 e. The van der Waals surface area contributed by atoms with Gasteiger partial charge in [-0.25, -0.2) is 0 Å². The molecule has 1 rings (SSSR count). The normalized spacial score (nSPS) is 13.2. The highest BCUT2D eigenvalue weighted by atomic mass is 16.5. The van der Waals surface area contributed by atoms with Gasteiger partial charge in [-0.2, -0.15) is 0 Å². The van der Waals surface area contributed by atoms with Gasteiger partial charge in [-0.1, -0.05) is 104 Å². The monoisotopic (exact) mass is 402 g/mol. The van der Waals surface area contributed by atoms with Crippen LogP contribution in [0, 0.1) is 5.41 Å². The van der Waals surface area contributed by atoms with E-state index < -0.39 is 0 Å². The number of esters is 1. The van der Waals surface area contributed by atoms with Crippen LogP contribution in [0.1, 0.15) is 123 Å². The lowest BCUT2D eigenvalue weighted by Crippen LogP contribution is -2.32. The Kier molecular flexibility index (Phi) is 13.8. The summed E-state index contributed by atoms with van der Waals surface area (Å²) in [5.41, 5.74) is 0.981. The van der Waals surface area contributed by atoms with Crippen LogP contribution in [0.3, 0.4) is 0 Å². The standard InChI is InChI=1S/C27H46O2/c1-5-8-11-13-14-15-17-24-18-20-25(21-19-24)29-26(28)27(4,22-10-7-3)23-16-12-9-6-2/h18-21H,5-17,22-23H2,1-4H3. The number of unbranched alkanes of at least 4 members (excludes halogenated alkanes) is 9. The molecule has 0 heterocycles. The quantitative estimate of drug-likeness (QED) is 0.148. The predicted molar refractivity (Wildman–Crippen MR) is 126 cm³/mol. The van der Waals surface area contributed by atoms with E-state index in [1.807, 2.05) is 12.1 Å². The first-order valence-electron chi connectivity index (χ1n) is 12.4. The molecule has 1 aromatic carbocycles. The Bertz CT molecular complexity index is 534. The molecule has 0 radical (unpaired) electrons. The minimum absolute atomic E-state index is 0.0499. The molecule has 0 saturated carbocycles. The zero-order chi connectivity index (χ0) is 21.4. The zero-order valence-corrected chi connectivity index (χ0v) is 19.7. The fourth-order valence-corrected chi connectivity index (χ4v) is 3.90. The van der Waals surface area contributed by atoms with E-state index in [0.29, 0.717) is 5.75 Å². The van der Waals surface area contributed by atoms with Crippen molar-refractivity contribution >= 4 is 5.97 Å². The van der Waals surface area contributed by atoms with Gasteiger partial charge < -0.3 is 4.74 Å². The van der Waals surface area contributed by atoms with Crippen LogP contribution in [0.25, 0.3) is 0 Å². The van der Waals surface area contributed by atoms with Gasteiger partial charge in [0.25, 0.3) is 0 Å². The molecule has 1 aromatic rings. The maximum Gasteiger partial charge on any atom is 0.317 e. The summed E-state index contributed by atoms with van der Waals surface area (Å²) in [6.07, 6.45) is 17.9. The average molecular weight is 403 g/mol. The van der Waals surface area contributed by atoms with Crippen molar-refractivity contribution in [1.82, 2.24) is 0 Å². The van der Waals surface area contributed by atoms with Crippen LogP contribution < -0.4 is 4.74 Å². The highest BCUT2D eigenvalue weighted by molar-refractivity contribution is 5.78. The van der Waals surface area contributed by atoms with Gasteiger partial charge in [0.15, 0.2) is 0 Å². The average Bonchev–Trinajstić information content (AvgIpc) is 2.73. The molecule has 0 bridgehead atoms. The minimum atomic E-state index is -0.360. The molecular weight excluding hydrogens is 356 g/mol. The van der Waals surface area contributed by atoms with E-state index in [1.54, 1.807) is 0 Å². The summed E-state index contributed by atoms with van der Waals surface area (Å²) in [7, 11) is 0. The van der Waals surface area contributed by atoms with Crippen LogP contribution in [-0.4, -0.2) is 5.97 Å². The lowest BCUT2D eigenvalue weighted by Gasteiger charge is -2.27. The molecule has 1 atom stereocenters. The summed E-state index contributed by atoms with van der Waals surface area (Å²) in [6.45, 7) is 8.77. The Morgan fingerprint density at radius 2 is 1.24 bits per heavy atom. The highest BCUT2D eigenvalue weighted by Crippen LogP contribution is 2.33. The molecule has 0 aliphatic rings. The molecule has 0 fully saturated rings. The number of carbonyl (C=O) groups is 1. The van der Waals surface area contributed by atoms with Crippen LogP contribution in [0.2, 0.25) is 0 Å². The van der Waals surface area contributed by atoms with Crippen molar-refractivity contribution in [3.8, 4) is 5.75 Å². The fourth-order valence-electron chi connectivity index (χ4n) is 3.90. The molecule has 166 valence electrons. The van der Waals surface area contributed by atoms with Crippen molar-refractivity contribution in [2.75, 3.05) is 0 Å². The van der Waals surface area contributed by atoms with Crippen molar-refractivity contribution < 1.29 is 9.53 Å². The predicted octanol–water partition coefficient (Wildman–Crippen LogP) is 8.66. The number of benzene rings is 1. The van der Waals surface area contributed by atoms with Gasteiger partial charge in [-0.05, 0) is 50.3 Å². The van der Waals surface area contributed by atoms with Gasteiger partial charge in [0.1, 0.15) is 5.75 Å². The molecule has 0 N–H and O–H groups in total. The van der Waals surface area contributed by atoms with E-state index in [-0.39, 0.29) is 11.4 Å². The molecule has 0 amide bonds. The highest BCUT2D eigenvalue weighted by Gasteiger charge is 2.34. The summed E-state index contributed by atoms with van der Waals surface area (Å²) < 4.78 is 5.82. The first kappa shape index (κ1) is 25.7. The molecule has 1 unspecified atom stereocenters. The third-order valence-corrected chi connectivity index (χ3v) is 6.11. The number of hydrogen-bond acceptors (Lipinski definition) is 2. The van der Waals surface area contributed by atoms with Crippen molar-refractivity contribution in [2.24, 2.45) is 5.41 Å². The second-order valence-electron chi connectivity index (χ2n) is 9.03. The summed E-state index contributed by atoms with van der Waals surface area (Å²) in [5.74, 6) is 0.643. The Morgan fingerprint density at radius 1 is 0.724 bits per heavy atom. The van der Waals surface area contributed by atoms with E-state index in [9.17, 15) is 4.79 Å². The third-order valence-electron chi connectivity index (χ3n) is 6.11. The number of aryl methyl sites for hydroxylation is 1. The molecule has 0 aromatic heterocycles. The lowest BCUT2D eigenvalue weighted by molar-refractivity contribution is -0.146. The number of carbonyl (C=O) groups excluding carboxylic acids is 1. The first-order chi connectivity index (χ1) is 14.1. The molecule has 0 aliphatic heterocycles. The van der Waals surface area contributed by atoms with Crippen molar-refractivity contribution in [3.05, 3.63) is 29.8 Å². The van der Waals surface area contributed by atoms with E-state index in [0.717, 1.165) is 38.5 Å². The third kappa shape index (κ3) is 10.9. The minimum Gasteiger partial charge on any atom is -0.426 e. The molecule has 2 nitrogen and oxygen atoms in total. The molecule has 0 aliphatic carbocycles. The van der Waals surface area contributed by atoms with E-state index in [4.69, 9.17) is 4.74 Å². The Morgan fingerprint density at radius 3 is 1.86 bits per heavy atom. The smallest absolute Gasteiger partial charge is 0.317 e. The Hall–Kier alpha value is -1.31. The summed E-state index contributed by atoms with van der Waals surface area (Å²) in [5, 5.41) is 0. The van der Waals surface area contributed by atoms with Gasteiger partial charge in [0, 0.05) is 0 Å². The summed E-state index contributed by atoms with van der Waals surface area (Å²) in [4.78, 5) is 13.0. The molecule has 0 saturated heterocycles. The van der Waals surface area contributed by atoms with Crippen LogP contribution in [-0.2, 0) is 11.2 Å². The molecule has 29 heavy (non-hydrogen) atoms. The van der Waals surface area contributed by atoms with Crippen molar-refractivity contribution in [3.63, 3.8) is 0 Å². The first-order valence-corrected chi connectivity index (χ1v) is 12.4. The van der Waals surface area contributed by atoms with E-state index >= 15 is 0 Å². The second kappa shape index (κ2) is 15.5. The second-order valence-corrected chi connectivity index (χ2v) is 9.03. The van der Waals surface area contributed by atoms with Gasteiger partial charge in [0.2, 0.25) is 0 Å². The molecule has 0 spiro atoms. The Labute approximate surface area is 180 Å². The SMILES string of the molecule is CCCCCCCCc1ccc(OC(=O)C(C)(CCCC)CCCCCC)cc1. The van der Waals surface area contributed by atoms with Gasteiger partial charge in [0.05, 0.1) is 5.41 Å².